The smallest absolute Gasteiger partial charge is 0.243 e. The number of hydrogen-bond donors (Lipinski definition) is 2. The minimum Gasteiger partial charge on any atom is -0.338 e. The Hall–Kier alpha value is -3.68. The fourth-order valence-corrected chi connectivity index (χ4v) is 4.14. The first-order valence-corrected chi connectivity index (χ1v) is 10.7. The average molecular weight is 434 g/mol. The maximum absolute atomic E-state index is 12.5. The molecular formula is C24H26N4O4. The summed E-state index contributed by atoms with van der Waals surface area (Å²) >= 11 is 0. The largest absolute Gasteiger partial charge is 0.338 e. The van der Waals surface area contributed by atoms with Gasteiger partial charge in [-0.3, -0.25) is 30.0 Å². The fraction of sp³-hybridized carbons (Fsp3) is 0.333. The number of carbonyl (C=O) groups is 4. The van der Waals surface area contributed by atoms with Gasteiger partial charge in [-0.15, -0.1) is 0 Å². The molecule has 2 aliphatic heterocycles. The van der Waals surface area contributed by atoms with Crippen LogP contribution in [0.15, 0.2) is 60.7 Å². The zero-order valence-electron chi connectivity index (χ0n) is 17.7. The van der Waals surface area contributed by atoms with E-state index in [-0.39, 0.29) is 24.7 Å². The Labute approximate surface area is 186 Å². The molecule has 0 bridgehead atoms. The standard InChI is InChI=1S/C24H26N4O4/c29-21-11-19(15-27(21)13-17-7-3-1-4-8-17)23(31)25-26-24(32)20-12-22(30)28(16-20)14-18-9-5-2-6-10-18/h1-10,19-20H,11-16H2,(H,25,31)(H,26,32). The van der Waals surface area contributed by atoms with E-state index in [2.05, 4.69) is 10.9 Å². The SMILES string of the molecule is O=C(NNC(=O)C1CC(=O)N(Cc2ccccc2)C1)C1CC(=O)N(Cc2ccccc2)C1. The highest BCUT2D eigenvalue weighted by Crippen LogP contribution is 2.22. The van der Waals surface area contributed by atoms with E-state index in [0.29, 0.717) is 26.2 Å². The first-order valence-electron chi connectivity index (χ1n) is 10.7. The second-order valence-corrected chi connectivity index (χ2v) is 8.30. The van der Waals surface area contributed by atoms with E-state index in [1.807, 2.05) is 60.7 Å². The number of rotatable bonds is 6. The first-order chi connectivity index (χ1) is 15.5. The lowest BCUT2D eigenvalue weighted by Crippen LogP contribution is -2.47. The average Bonchev–Trinajstić information content (AvgIpc) is 3.35. The Kier molecular flexibility index (Phi) is 6.49. The van der Waals surface area contributed by atoms with Crippen LogP contribution >= 0.6 is 0 Å². The van der Waals surface area contributed by atoms with E-state index in [9.17, 15) is 19.2 Å². The Morgan fingerprint density at radius 2 is 1.06 bits per heavy atom. The van der Waals surface area contributed by atoms with Gasteiger partial charge in [0.15, 0.2) is 0 Å². The predicted molar refractivity (Wildman–Crippen MR) is 116 cm³/mol. The summed E-state index contributed by atoms with van der Waals surface area (Å²) in [6.45, 7) is 1.53. The minimum absolute atomic E-state index is 0.0849. The molecule has 4 amide bonds. The summed E-state index contributed by atoms with van der Waals surface area (Å²) in [7, 11) is 0. The van der Waals surface area contributed by atoms with Crippen LogP contribution in [0.5, 0.6) is 0 Å². The van der Waals surface area contributed by atoms with Gasteiger partial charge in [0.2, 0.25) is 23.6 Å². The third kappa shape index (κ3) is 5.14. The molecule has 2 unspecified atom stereocenters. The molecule has 2 aliphatic rings. The van der Waals surface area contributed by atoms with Crippen LogP contribution in [0.25, 0.3) is 0 Å². The van der Waals surface area contributed by atoms with Crippen molar-refractivity contribution in [3.8, 4) is 0 Å². The summed E-state index contributed by atoms with van der Waals surface area (Å²) in [5.74, 6) is -2.00. The lowest BCUT2D eigenvalue weighted by Gasteiger charge is -2.18. The number of benzene rings is 2. The molecule has 0 spiro atoms. The lowest BCUT2D eigenvalue weighted by molar-refractivity contribution is -0.133. The second-order valence-electron chi connectivity index (χ2n) is 8.30. The normalized spacial score (nSPS) is 20.5. The van der Waals surface area contributed by atoms with Gasteiger partial charge in [-0.1, -0.05) is 60.7 Å². The van der Waals surface area contributed by atoms with Crippen molar-refractivity contribution in [1.82, 2.24) is 20.7 Å². The summed E-state index contributed by atoms with van der Waals surface area (Å²) in [4.78, 5) is 52.9. The third-order valence-corrected chi connectivity index (χ3v) is 5.91. The van der Waals surface area contributed by atoms with Crippen LogP contribution in [0.2, 0.25) is 0 Å². The van der Waals surface area contributed by atoms with Crippen molar-refractivity contribution in [1.29, 1.82) is 0 Å². The molecular weight excluding hydrogens is 408 g/mol. The van der Waals surface area contributed by atoms with Gasteiger partial charge in [0.05, 0.1) is 11.8 Å². The quantitative estimate of drug-likeness (QED) is 0.668. The van der Waals surface area contributed by atoms with Crippen molar-refractivity contribution in [2.75, 3.05) is 13.1 Å². The van der Waals surface area contributed by atoms with Gasteiger partial charge in [0.1, 0.15) is 0 Å². The highest BCUT2D eigenvalue weighted by molar-refractivity contribution is 5.92. The number of likely N-dealkylation sites (tertiary alicyclic amines) is 2. The van der Waals surface area contributed by atoms with E-state index in [0.717, 1.165) is 11.1 Å². The topological polar surface area (TPSA) is 98.8 Å². The van der Waals surface area contributed by atoms with Crippen LogP contribution in [0.1, 0.15) is 24.0 Å². The first kappa shape index (κ1) is 21.5. The Morgan fingerprint density at radius 1 is 0.688 bits per heavy atom. The molecule has 166 valence electrons. The Morgan fingerprint density at radius 3 is 1.44 bits per heavy atom. The Bertz CT molecular complexity index is 914. The highest BCUT2D eigenvalue weighted by Gasteiger charge is 2.36. The van der Waals surface area contributed by atoms with E-state index in [4.69, 9.17) is 0 Å². The third-order valence-electron chi connectivity index (χ3n) is 5.91. The van der Waals surface area contributed by atoms with Gasteiger partial charge in [-0.05, 0) is 11.1 Å². The zero-order valence-corrected chi connectivity index (χ0v) is 17.7. The van der Waals surface area contributed by atoms with Crippen LogP contribution in [0, 0.1) is 11.8 Å². The molecule has 2 fully saturated rings. The lowest BCUT2D eigenvalue weighted by atomic mass is 10.1. The fourth-order valence-electron chi connectivity index (χ4n) is 4.14. The van der Waals surface area contributed by atoms with Gasteiger partial charge in [-0.2, -0.15) is 0 Å². The van der Waals surface area contributed by atoms with Gasteiger partial charge >= 0.3 is 0 Å². The van der Waals surface area contributed by atoms with Crippen molar-refractivity contribution in [2.45, 2.75) is 25.9 Å². The van der Waals surface area contributed by atoms with Crippen molar-refractivity contribution in [3.63, 3.8) is 0 Å². The van der Waals surface area contributed by atoms with E-state index >= 15 is 0 Å². The molecule has 4 rings (SSSR count). The number of hydrogen-bond acceptors (Lipinski definition) is 4. The summed E-state index contributed by atoms with van der Waals surface area (Å²) < 4.78 is 0. The second kappa shape index (κ2) is 9.64. The molecule has 2 N–H and O–H groups in total. The number of carbonyl (C=O) groups excluding carboxylic acids is 4. The zero-order chi connectivity index (χ0) is 22.5. The highest BCUT2D eigenvalue weighted by atomic mass is 16.2. The van der Waals surface area contributed by atoms with Gasteiger partial charge in [-0.25, -0.2) is 0 Å². The van der Waals surface area contributed by atoms with Crippen molar-refractivity contribution in [2.24, 2.45) is 11.8 Å². The summed E-state index contributed by atoms with van der Waals surface area (Å²) in [6, 6.07) is 19.2. The van der Waals surface area contributed by atoms with E-state index < -0.39 is 23.7 Å². The predicted octanol–water partition coefficient (Wildman–Crippen LogP) is 1.23. The van der Waals surface area contributed by atoms with Gasteiger partial charge < -0.3 is 9.80 Å². The molecule has 2 atom stereocenters. The number of nitrogens with one attached hydrogen (secondary N) is 2. The molecule has 2 aromatic rings. The molecule has 32 heavy (non-hydrogen) atoms. The molecule has 2 heterocycles. The van der Waals surface area contributed by atoms with Gasteiger partial charge in [0, 0.05) is 39.0 Å². The van der Waals surface area contributed by atoms with Crippen LogP contribution < -0.4 is 10.9 Å². The van der Waals surface area contributed by atoms with Crippen LogP contribution in [0.4, 0.5) is 0 Å². The molecule has 8 heteroatoms. The van der Waals surface area contributed by atoms with E-state index in [1.165, 1.54) is 0 Å². The number of nitrogens with zero attached hydrogens (tertiary/aromatic N) is 2. The Balaban J connectivity index is 1.24. The molecule has 0 aromatic heterocycles. The van der Waals surface area contributed by atoms with Crippen molar-refractivity contribution in [3.05, 3.63) is 71.8 Å². The maximum atomic E-state index is 12.5. The van der Waals surface area contributed by atoms with E-state index in [1.54, 1.807) is 9.80 Å². The van der Waals surface area contributed by atoms with Crippen LogP contribution in [0.3, 0.4) is 0 Å². The molecule has 2 saturated heterocycles. The summed E-state index contributed by atoms with van der Waals surface area (Å²) in [6.07, 6.45) is 0.225. The maximum Gasteiger partial charge on any atom is 0.243 e. The van der Waals surface area contributed by atoms with Gasteiger partial charge in [0.25, 0.3) is 0 Å². The van der Waals surface area contributed by atoms with Crippen molar-refractivity contribution < 1.29 is 19.2 Å². The van der Waals surface area contributed by atoms with Crippen LogP contribution in [-0.4, -0.2) is 46.5 Å². The molecule has 2 aromatic carbocycles. The number of hydrazine groups is 1. The van der Waals surface area contributed by atoms with Crippen molar-refractivity contribution >= 4 is 23.6 Å². The van der Waals surface area contributed by atoms with Crippen LogP contribution in [-0.2, 0) is 32.3 Å². The molecule has 0 radical (unpaired) electrons. The summed E-state index contributed by atoms with van der Waals surface area (Å²) in [5, 5.41) is 0. The number of amides is 4. The monoisotopic (exact) mass is 434 g/mol. The summed E-state index contributed by atoms with van der Waals surface area (Å²) in [5.41, 5.74) is 6.88. The molecule has 0 aliphatic carbocycles. The molecule has 0 saturated carbocycles. The minimum atomic E-state index is -0.522. The molecule has 8 nitrogen and oxygen atoms in total.